The van der Waals surface area contributed by atoms with Crippen molar-refractivity contribution < 1.29 is 13.7 Å². The number of carbonyl (C=O) groups excluding carboxylic acids is 1. The van der Waals surface area contributed by atoms with Crippen molar-refractivity contribution in [2.24, 2.45) is 0 Å². The van der Waals surface area contributed by atoms with Gasteiger partial charge < -0.3 is 9.64 Å². The summed E-state index contributed by atoms with van der Waals surface area (Å²) in [6.45, 7) is 3.25. The van der Waals surface area contributed by atoms with Gasteiger partial charge in [0.1, 0.15) is 6.10 Å². The first-order chi connectivity index (χ1) is 6.88. The summed E-state index contributed by atoms with van der Waals surface area (Å²) in [5.41, 5.74) is 0. The zero-order valence-electron chi connectivity index (χ0n) is 9.40. The minimum atomic E-state index is -1.88. The van der Waals surface area contributed by atoms with Crippen molar-refractivity contribution in [3.8, 4) is 0 Å². The van der Waals surface area contributed by atoms with E-state index in [0.29, 0.717) is 18.8 Å². The van der Waals surface area contributed by atoms with Gasteiger partial charge in [-0.1, -0.05) is 0 Å². The zero-order chi connectivity index (χ0) is 11.5. The summed E-state index contributed by atoms with van der Waals surface area (Å²) in [5.74, 6) is 4.22. The Balaban J connectivity index is 2.18. The predicted molar refractivity (Wildman–Crippen MR) is 62.8 cm³/mol. The van der Waals surface area contributed by atoms with Gasteiger partial charge in [-0.2, -0.15) is 0 Å². The maximum absolute atomic E-state index is 11.3. The van der Waals surface area contributed by atoms with Crippen LogP contribution >= 0.6 is 0 Å². The van der Waals surface area contributed by atoms with Gasteiger partial charge in [-0.3, -0.25) is 4.21 Å². The number of nitrogens with zero attached hydrogens (tertiary/aromatic N) is 1. The summed E-state index contributed by atoms with van der Waals surface area (Å²) >= 11 is 0. The van der Waals surface area contributed by atoms with E-state index in [2.05, 4.69) is 5.87 Å². The largest absolute Gasteiger partial charge is 0.445 e. The Morgan fingerprint density at radius 2 is 2.27 bits per heavy atom. The Hall–Kier alpha value is -0.710. The summed E-state index contributed by atoms with van der Waals surface area (Å²) in [6.07, 6.45) is 3.15. The van der Waals surface area contributed by atoms with Crippen LogP contribution in [0.4, 0.5) is 4.79 Å². The second-order valence-corrected chi connectivity index (χ2v) is 7.01. The Kier molecular flexibility index (Phi) is 4.02. The average Bonchev–Trinajstić information content (AvgIpc) is 2.37. The first-order valence-electron chi connectivity index (χ1n) is 5.14. The van der Waals surface area contributed by atoms with Crippen LogP contribution in [0.5, 0.6) is 0 Å². The van der Waals surface area contributed by atoms with Crippen molar-refractivity contribution in [1.82, 2.24) is 4.90 Å². The number of cyclic esters (lactones) is 1. The normalized spacial score (nSPS) is 25.1. The van der Waals surface area contributed by atoms with Gasteiger partial charge in [0, 0.05) is 18.6 Å². The van der Waals surface area contributed by atoms with Crippen molar-refractivity contribution >= 4 is 21.5 Å². The number of unbranched alkanes of at least 4 members (excludes halogenated alkanes) is 1. The highest BCUT2D eigenvalue weighted by molar-refractivity contribution is 7.99. The van der Waals surface area contributed by atoms with Crippen LogP contribution in [-0.2, 0) is 14.3 Å². The third kappa shape index (κ3) is 4.55. The highest BCUT2D eigenvalue weighted by Crippen LogP contribution is 2.11. The van der Waals surface area contributed by atoms with E-state index in [9.17, 15) is 9.00 Å². The molecular formula is C10H19NO3S. The standard InChI is InChI=1S/C10H19NO3S/c1-9-8-11(10(12)14-9)6-4-5-7-15(2,3)13/h9H,2,4-8H2,1,3H3/t9-,15?/m0/s1. The predicted octanol–water partition coefficient (Wildman–Crippen LogP) is 0.954. The summed E-state index contributed by atoms with van der Waals surface area (Å²) in [5, 5.41) is 0. The van der Waals surface area contributed by atoms with Crippen LogP contribution in [0.25, 0.3) is 0 Å². The number of carbonyl (C=O) groups is 1. The van der Waals surface area contributed by atoms with Crippen molar-refractivity contribution in [3.63, 3.8) is 0 Å². The molecule has 0 spiro atoms. The molecule has 2 atom stereocenters. The maximum Gasteiger partial charge on any atom is 0.410 e. The van der Waals surface area contributed by atoms with E-state index in [1.54, 1.807) is 11.2 Å². The molecule has 1 amide bonds. The fourth-order valence-electron chi connectivity index (χ4n) is 1.56. The molecular weight excluding hydrogens is 214 g/mol. The lowest BCUT2D eigenvalue weighted by molar-refractivity contribution is 0.138. The quantitative estimate of drug-likeness (QED) is 0.525. The molecule has 88 valence electrons. The second-order valence-electron chi connectivity index (χ2n) is 4.24. The molecule has 0 aromatic heterocycles. The Labute approximate surface area is 91.6 Å². The van der Waals surface area contributed by atoms with Gasteiger partial charge in [0.05, 0.1) is 6.54 Å². The van der Waals surface area contributed by atoms with E-state index in [-0.39, 0.29) is 12.2 Å². The van der Waals surface area contributed by atoms with E-state index in [0.717, 1.165) is 12.8 Å². The first kappa shape index (κ1) is 12.4. The highest BCUT2D eigenvalue weighted by atomic mass is 32.2. The molecule has 1 fully saturated rings. The molecule has 1 aliphatic rings. The van der Waals surface area contributed by atoms with Gasteiger partial charge in [-0.15, -0.1) is 0 Å². The van der Waals surface area contributed by atoms with Crippen LogP contribution in [0.15, 0.2) is 0 Å². The first-order valence-corrected chi connectivity index (χ1v) is 7.44. The van der Waals surface area contributed by atoms with E-state index < -0.39 is 9.52 Å². The van der Waals surface area contributed by atoms with E-state index in [4.69, 9.17) is 4.74 Å². The average molecular weight is 233 g/mol. The smallest absolute Gasteiger partial charge is 0.410 e. The van der Waals surface area contributed by atoms with Gasteiger partial charge >= 0.3 is 6.09 Å². The van der Waals surface area contributed by atoms with Crippen LogP contribution in [0.1, 0.15) is 19.8 Å². The lowest BCUT2D eigenvalue weighted by Gasteiger charge is -2.12. The molecule has 0 radical (unpaired) electrons. The van der Waals surface area contributed by atoms with Crippen LogP contribution in [0.2, 0.25) is 0 Å². The van der Waals surface area contributed by atoms with Gasteiger partial charge in [-0.25, -0.2) is 4.79 Å². The maximum atomic E-state index is 11.3. The Morgan fingerprint density at radius 1 is 1.60 bits per heavy atom. The molecule has 0 aromatic rings. The molecule has 0 aliphatic carbocycles. The lowest BCUT2D eigenvalue weighted by Crippen LogP contribution is -2.26. The number of amides is 1. The van der Waals surface area contributed by atoms with Gasteiger partial charge in [-0.05, 0) is 35.2 Å². The fraction of sp³-hybridized carbons (Fsp3) is 0.800. The molecule has 0 N–H and O–H groups in total. The molecule has 1 aliphatic heterocycles. The molecule has 5 heteroatoms. The van der Waals surface area contributed by atoms with E-state index in [1.165, 1.54) is 0 Å². The summed E-state index contributed by atoms with van der Waals surface area (Å²) in [4.78, 5) is 12.9. The van der Waals surface area contributed by atoms with Crippen molar-refractivity contribution in [2.45, 2.75) is 25.9 Å². The molecule has 0 aromatic carbocycles. The third-order valence-corrected chi connectivity index (χ3v) is 3.44. The number of rotatable bonds is 5. The number of hydrogen-bond acceptors (Lipinski definition) is 3. The fourth-order valence-corrected chi connectivity index (χ4v) is 2.38. The minimum absolute atomic E-state index is 0.000686. The van der Waals surface area contributed by atoms with E-state index >= 15 is 0 Å². The van der Waals surface area contributed by atoms with Crippen LogP contribution in [0, 0.1) is 0 Å². The molecule has 15 heavy (non-hydrogen) atoms. The molecule has 4 nitrogen and oxygen atoms in total. The SMILES string of the molecule is C=S(C)(=O)CCCCN1C[C@H](C)OC1=O. The Morgan fingerprint density at radius 3 is 2.73 bits per heavy atom. The lowest BCUT2D eigenvalue weighted by atomic mass is 10.3. The molecule has 1 unspecified atom stereocenters. The van der Waals surface area contributed by atoms with Crippen molar-refractivity contribution in [2.75, 3.05) is 25.1 Å². The molecule has 1 heterocycles. The monoisotopic (exact) mass is 233 g/mol. The van der Waals surface area contributed by atoms with Crippen LogP contribution < -0.4 is 0 Å². The molecule has 0 bridgehead atoms. The van der Waals surface area contributed by atoms with Crippen molar-refractivity contribution in [1.29, 1.82) is 0 Å². The summed E-state index contributed by atoms with van der Waals surface area (Å²) in [6, 6.07) is 0. The number of ether oxygens (including phenoxy) is 1. The number of hydrogen-bond donors (Lipinski definition) is 0. The molecule has 1 saturated heterocycles. The Bertz CT molecular complexity index is 324. The van der Waals surface area contributed by atoms with Gasteiger partial charge in [0.15, 0.2) is 0 Å². The van der Waals surface area contributed by atoms with Gasteiger partial charge in [0.25, 0.3) is 0 Å². The van der Waals surface area contributed by atoms with Crippen LogP contribution in [-0.4, -0.2) is 52.3 Å². The zero-order valence-corrected chi connectivity index (χ0v) is 10.2. The van der Waals surface area contributed by atoms with E-state index in [1.807, 2.05) is 6.92 Å². The van der Waals surface area contributed by atoms with Gasteiger partial charge in [0.2, 0.25) is 0 Å². The highest BCUT2D eigenvalue weighted by Gasteiger charge is 2.27. The third-order valence-electron chi connectivity index (χ3n) is 2.29. The molecule has 1 rings (SSSR count). The minimum Gasteiger partial charge on any atom is -0.445 e. The topological polar surface area (TPSA) is 46.6 Å². The second kappa shape index (κ2) is 4.88. The van der Waals surface area contributed by atoms with Crippen molar-refractivity contribution in [3.05, 3.63) is 0 Å². The molecule has 0 saturated carbocycles. The van der Waals surface area contributed by atoms with Crippen LogP contribution in [0.3, 0.4) is 0 Å². The summed E-state index contributed by atoms with van der Waals surface area (Å²) < 4.78 is 16.3. The summed E-state index contributed by atoms with van der Waals surface area (Å²) in [7, 11) is -1.88.